The second-order valence-electron chi connectivity index (χ2n) is 6.64. The summed E-state index contributed by atoms with van der Waals surface area (Å²) >= 11 is 0. The van der Waals surface area contributed by atoms with Gasteiger partial charge in [0.1, 0.15) is 5.66 Å². The first-order valence-corrected chi connectivity index (χ1v) is 8.53. The second-order valence-corrected chi connectivity index (χ2v) is 6.64. The number of nitrogens with zero attached hydrogens (tertiary/aromatic N) is 4. The fraction of sp³-hybridized carbons (Fsp3) is 0.412. The highest BCUT2D eigenvalue weighted by Crippen LogP contribution is 2.39. The molecule has 130 valence electrons. The molecule has 8 heteroatoms. The SMILES string of the molecule is NC1=NC2(CCCCC2)N(c2ccc(C3=NNC(=O)C3)cc2)C(N)=N1. The molecule has 0 unspecified atom stereocenters. The molecule has 2 aliphatic heterocycles. The van der Waals surface area contributed by atoms with Crippen LogP contribution < -0.4 is 21.8 Å². The highest BCUT2D eigenvalue weighted by Gasteiger charge is 2.42. The number of hydrogen-bond acceptors (Lipinski definition) is 7. The summed E-state index contributed by atoms with van der Waals surface area (Å²) in [6, 6.07) is 7.83. The number of amides is 1. The lowest BCUT2D eigenvalue weighted by Gasteiger charge is -2.45. The van der Waals surface area contributed by atoms with Gasteiger partial charge in [-0.05, 0) is 43.4 Å². The van der Waals surface area contributed by atoms with Crippen molar-refractivity contribution in [2.24, 2.45) is 26.6 Å². The number of carbonyl (C=O) groups excluding carboxylic acids is 1. The average Bonchev–Trinajstić information content (AvgIpc) is 3.02. The predicted molar refractivity (Wildman–Crippen MR) is 97.3 cm³/mol. The molecule has 5 N–H and O–H groups in total. The largest absolute Gasteiger partial charge is 0.369 e. The lowest BCUT2D eigenvalue weighted by Crippen LogP contribution is -2.58. The summed E-state index contributed by atoms with van der Waals surface area (Å²) in [5.74, 6) is 0.534. The number of hydrogen-bond donors (Lipinski definition) is 3. The number of anilines is 1. The topological polar surface area (TPSA) is 121 Å². The van der Waals surface area contributed by atoms with Crippen LogP contribution in [0.2, 0.25) is 0 Å². The Morgan fingerprint density at radius 1 is 1.08 bits per heavy atom. The van der Waals surface area contributed by atoms with Crippen molar-refractivity contribution in [2.75, 3.05) is 4.90 Å². The molecule has 1 saturated carbocycles. The van der Waals surface area contributed by atoms with E-state index in [9.17, 15) is 4.79 Å². The maximum Gasteiger partial charge on any atom is 0.246 e. The Morgan fingerprint density at radius 3 is 2.44 bits per heavy atom. The molecule has 0 bridgehead atoms. The van der Waals surface area contributed by atoms with Crippen molar-refractivity contribution in [1.29, 1.82) is 0 Å². The van der Waals surface area contributed by atoms with Crippen molar-refractivity contribution in [2.45, 2.75) is 44.2 Å². The molecule has 2 heterocycles. The molecule has 0 atom stereocenters. The number of nitrogens with one attached hydrogen (secondary N) is 1. The maximum absolute atomic E-state index is 11.3. The third-order valence-electron chi connectivity index (χ3n) is 4.95. The Bertz CT molecular complexity index is 788. The van der Waals surface area contributed by atoms with E-state index in [4.69, 9.17) is 11.5 Å². The van der Waals surface area contributed by atoms with Gasteiger partial charge < -0.3 is 11.5 Å². The molecule has 0 aromatic heterocycles. The molecule has 1 aliphatic carbocycles. The standard InChI is InChI=1S/C17H21N7O/c18-15-20-16(19)24(17(21-15)8-2-1-3-9-17)12-6-4-11(5-7-12)13-10-14(25)23-22-13/h4-7H,1-3,8-10H2,(H,23,25)(H4,18,19,20,21). The van der Waals surface area contributed by atoms with Crippen LogP contribution in [0.15, 0.2) is 39.4 Å². The van der Waals surface area contributed by atoms with E-state index >= 15 is 0 Å². The Kier molecular flexibility index (Phi) is 3.67. The summed E-state index contributed by atoms with van der Waals surface area (Å²) in [6.07, 6.45) is 5.47. The van der Waals surface area contributed by atoms with Gasteiger partial charge >= 0.3 is 0 Å². The third-order valence-corrected chi connectivity index (χ3v) is 4.95. The van der Waals surface area contributed by atoms with Gasteiger partial charge in [-0.25, -0.2) is 10.4 Å². The van der Waals surface area contributed by atoms with Crippen molar-refractivity contribution in [1.82, 2.24) is 5.43 Å². The quantitative estimate of drug-likeness (QED) is 0.744. The van der Waals surface area contributed by atoms with Crippen molar-refractivity contribution in [3.8, 4) is 0 Å². The van der Waals surface area contributed by atoms with Crippen LogP contribution in [0, 0.1) is 0 Å². The van der Waals surface area contributed by atoms with Gasteiger partial charge in [0.15, 0.2) is 0 Å². The van der Waals surface area contributed by atoms with Gasteiger partial charge in [-0.15, -0.1) is 0 Å². The molecule has 0 saturated heterocycles. The molecule has 1 aromatic carbocycles. The molecule has 25 heavy (non-hydrogen) atoms. The fourth-order valence-corrected chi connectivity index (χ4v) is 3.83. The number of guanidine groups is 2. The Labute approximate surface area is 145 Å². The Morgan fingerprint density at radius 2 is 1.80 bits per heavy atom. The number of benzene rings is 1. The van der Waals surface area contributed by atoms with E-state index in [2.05, 4.69) is 20.5 Å². The zero-order chi connectivity index (χ0) is 17.4. The van der Waals surface area contributed by atoms with Crippen molar-refractivity contribution in [3.05, 3.63) is 29.8 Å². The van der Waals surface area contributed by atoms with Crippen LogP contribution in [-0.2, 0) is 4.79 Å². The van der Waals surface area contributed by atoms with Crippen LogP contribution in [0.1, 0.15) is 44.1 Å². The number of carbonyl (C=O) groups is 1. The van der Waals surface area contributed by atoms with Gasteiger partial charge in [-0.3, -0.25) is 9.69 Å². The predicted octanol–water partition coefficient (Wildman–Crippen LogP) is 1.02. The van der Waals surface area contributed by atoms with Gasteiger partial charge in [0, 0.05) is 5.69 Å². The zero-order valence-corrected chi connectivity index (χ0v) is 13.9. The van der Waals surface area contributed by atoms with Gasteiger partial charge in [0.25, 0.3) is 0 Å². The van der Waals surface area contributed by atoms with Crippen LogP contribution in [0.3, 0.4) is 0 Å². The van der Waals surface area contributed by atoms with Crippen molar-refractivity contribution in [3.63, 3.8) is 0 Å². The minimum Gasteiger partial charge on any atom is -0.369 e. The van der Waals surface area contributed by atoms with Crippen molar-refractivity contribution < 1.29 is 4.79 Å². The summed E-state index contributed by atoms with van der Waals surface area (Å²) in [5.41, 5.74) is 16.7. The van der Waals surface area contributed by atoms with E-state index in [0.29, 0.717) is 12.4 Å². The molecule has 1 fully saturated rings. The monoisotopic (exact) mass is 339 g/mol. The van der Waals surface area contributed by atoms with Crippen molar-refractivity contribution >= 4 is 29.2 Å². The summed E-state index contributed by atoms with van der Waals surface area (Å²) in [4.78, 5) is 22.2. The van der Waals surface area contributed by atoms with Gasteiger partial charge in [0.2, 0.25) is 17.8 Å². The van der Waals surface area contributed by atoms with E-state index < -0.39 is 5.66 Å². The lowest BCUT2D eigenvalue weighted by atomic mass is 9.87. The number of hydrazone groups is 1. The molecule has 1 spiro atoms. The summed E-state index contributed by atoms with van der Waals surface area (Å²) in [6.45, 7) is 0. The minimum atomic E-state index is -0.446. The molecular formula is C17H21N7O. The number of nitrogens with two attached hydrogens (primary N) is 2. The number of aliphatic imine (C=N–C) groups is 2. The van der Waals surface area contributed by atoms with Gasteiger partial charge in [-0.1, -0.05) is 18.6 Å². The van der Waals surface area contributed by atoms with Crippen LogP contribution in [0.4, 0.5) is 5.69 Å². The van der Waals surface area contributed by atoms with Crippen LogP contribution in [-0.4, -0.2) is 29.2 Å². The lowest BCUT2D eigenvalue weighted by molar-refractivity contribution is -0.119. The molecule has 1 aromatic rings. The normalized spacial score (nSPS) is 22.3. The summed E-state index contributed by atoms with van der Waals surface area (Å²) < 4.78 is 0. The zero-order valence-electron chi connectivity index (χ0n) is 13.9. The molecule has 3 aliphatic rings. The maximum atomic E-state index is 11.3. The number of rotatable bonds is 2. The van der Waals surface area contributed by atoms with Crippen LogP contribution in [0.25, 0.3) is 0 Å². The molecule has 0 radical (unpaired) electrons. The second kappa shape index (κ2) is 5.87. The van der Waals surface area contributed by atoms with Crippen LogP contribution in [0.5, 0.6) is 0 Å². The molecule has 8 nitrogen and oxygen atoms in total. The molecular weight excluding hydrogens is 318 g/mol. The molecule has 1 amide bonds. The van der Waals surface area contributed by atoms with Gasteiger partial charge in [-0.2, -0.15) is 10.1 Å². The summed E-state index contributed by atoms with van der Waals surface area (Å²) in [5, 5.41) is 4.05. The summed E-state index contributed by atoms with van der Waals surface area (Å²) in [7, 11) is 0. The Balaban J connectivity index is 1.67. The smallest absolute Gasteiger partial charge is 0.246 e. The fourth-order valence-electron chi connectivity index (χ4n) is 3.83. The van der Waals surface area contributed by atoms with E-state index in [1.165, 1.54) is 6.42 Å². The van der Waals surface area contributed by atoms with Gasteiger partial charge in [0.05, 0.1) is 12.1 Å². The highest BCUT2D eigenvalue weighted by molar-refractivity contribution is 6.14. The third kappa shape index (κ3) is 2.73. The first kappa shape index (κ1) is 15.6. The first-order valence-electron chi connectivity index (χ1n) is 8.53. The van der Waals surface area contributed by atoms with E-state index in [-0.39, 0.29) is 11.9 Å². The minimum absolute atomic E-state index is 0.0857. The molecule has 4 rings (SSSR count). The Hall–Kier alpha value is -2.90. The van der Waals surface area contributed by atoms with E-state index in [1.807, 2.05) is 29.2 Å². The highest BCUT2D eigenvalue weighted by atomic mass is 16.2. The van der Waals surface area contributed by atoms with E-state index in [0.717, 1.165) is 42.6 Å². The van der Waals surface area contributed by atoms with Crippen LogP contribution >= 0.6 is 0 Å². The average molecular weight is 339 g/mol. The first-order chi connectivity index (χ1) is 12.1. The van der Waals surface area contributed by atoms with E-state index in [1.54, 1.807) is 0 Å².